The molecule has 116 valence electrons. The summed E-state index contributed by atoms with van der Waals surface area (Å²) in [5.74, 6) is -0.484. The zero-order valence-corrected chi connectivity index (χ0v) is 12.4. The van der Waals surface area contributed by atoms with Gasteiger partial charge in [-0.2, -0.15) is 0 Å². The molecular weight excluding hydrogens is 272 g/mol. The SMILES string of the molecule is CC(C)N(CC1CC1)C(=O)NC(Cc1cnc[nH]1)C(=O)O. The molecule has 0 saturated heterocycles. The molecule has 1 aromatic rings. The number of carboxylic acid groups (broad SMARTS) is 1. The highest BCUT2D eigenvalue weighted by Gasteiger charge is 2.30. The topological polar surface area (TPSA) is 98.3 Å². The van der Waals surface area contributed by atoms with Crippen LogP contribution < -0.4 is 5.32 Å². The summed E-state index contributed by atoms with van der Waals surface area (Å²) >= 11 is 0. The van der Waals surface area contributed by atoms with Crippen molar-refractivity contribution in [3.8, 4) is 0 Å². The van der Waals surface area contributed by atoms with Crippen molar-refractivity contribution in [2.24, 2.45) is 5.92 Å². The summed E-state index contributed by atoms with van der Waals surface area (Å²) in [5, 5.41) is 11.9. The number of aromatic amines is 1. The quantitative estimate of drug-likeness (QED) is 0.704. The van der Waals surface area contributed by atoms with E-state index in [0.717, 1.165) is 12.8 Å². The summed E-state index contributed by atoms with van der Waals surface area (Å²) in [6.45, 7) is 4.57. The van der Waals surface area contributed by atoms with Crippen molar-refractivity contribution in [2.75, 3.05) is 6.54 Å². The Bertz CT molecular complexity index is 482. The van der Waals surface area contributed by atoms with Crippen molar-refractivity contribution in [2.45, 2.75) is 45.2 Å². The number of imidazole rings is 1. The summed E-state index contributed by atoms with van der Waals surface area (Å²) < 4.78 is 0. The Morgan fingerprint density at radius 1 is 1.52 bits per heavy atom. The van der Waals surface area contributed by atoms with Gasteiger partial charge in [-0.15, -0.1) is 0 Å². The maximum Gasteiger partial charge on any atom is 0.326 e. The van der Waals surface area contributed by atoms with Crippen molar-refractivity contribution >= 4 is 12.0 Å². The number of amides is 2. The average Bonchev–Trinajstić information content (AvgIpc) is 3.09. The number of rotatable bonds is 7. The van der Waals surface area contributed by atoms with E-state index in [9.17, 15) is 14.7 Å². The smallest absolute Gasteiger partial charge is 0.326 e. The van der Waals surface area contributed by atoms with Crippen LogP contribution in [-0.4, -0.2) is 50.6 Å². The molecule has 7 heteroatoms. The van der Waals surface area contributed by atoms with Crippen LogP contribution >= 0.6 is 0 Å². The molecule has 0 radical (unpaired) electrons. The highest BCUT2D eigenvalue weighted by molar-refractivity contribution is 5.83. The van der Waals surface area contributed by atoms with Crippen molar-refractivity contribution in [3.63, 3.8) is 0 Å². The molecule has 2 amide bonds. The third-order valence-corrected chi connectivity index (χ3v) is 3.61. The molecule has 0 aliphatic heterocycles. The number of carbonyl (C=O) groups is 2. The summed E-state index contributed by atoms with van der Waals surface area (Å²) in [6.07, 6.45) is 5.53. The van der Waals surface area contributed by atoms with Crippen LogP contribution in [0.25, 0.3) is 0 Å². The van der Waals surface area contributed by atoms with Crippen LogP contribution in [-0.2, 0) is 11.2 Å². The van der Waals surface area contributed by atoms with Crippen LogP contribution in [0, 0.1) is 5.92 Å². The van der Waals surface area contributed by atoms with Crippen molar-refractivity contribution in [1.82, 2.24) is 20.2 Å². The first-order valence-electron chi connectivity index (χ1n) is 7.24. The van der Waals surface area contributed by atoms with Gasteiger partial charge in [0.2, 0.25) is 0 Å². The summed E-state index contributed by atoms with van der Waals surface area (Å²) in [4.78, 5) is 32.1. The van der Waals surface area contributed by atoms with Gasteiger partial charge >= 0.3 is 12.0 Å². The molecule has 0 bridgehead atoms. The Kier molecular flexibility index (Phi) is 4.82. The Hall–Kier alpha value is -2.05. The molecule has 21 heavy (non-hydrogen) atoms. The number of nitrogens with one attached hydrogen (secondary N) is 2. The normalized spacial score (nSPS) is 15.8. The monoisotopic (exact) mass is 294 g/mol. The highest BCUT2D eigenvalue weighted by Crippen LogP contribution is 2.30. The van der Waals surface area contributed by atoms with Crippen LogP contribution in [0.1, 0.15) is 32.4 Å². The van der Waals surface area contributed by atoms with Crippen molar-refractivity contribution < 1.29 is 14.7 Å². The van der Waals surface area contributed by atoms with Gasteiger partial charge < -0.3 is 20.3 Å². The predicted octanol–water partition coefficient (Wildman–Crippen LogP) is 1.24. The van der Waals surface area contributed by atoms with E-state index in [2.05, 4.69) is 15.3 Å². The number of carboxylic acids is 1. The van der Waals surface area contributed by atoms with Crippen LogP contribution in [0.15, 0.2) is 12.5 Å². The Balaban J connectivity index is 1.97. The minimum absolute atomic E-state index is 0.0483. The Labute approximate surface area is 123 Å². The number of nitrogens with zero attached hydrogens (tertiary/aromatic N) is 2. The fourth-order valence-corrected chi connectivity index (χ4v) is 2.16. The summed E-state index contributed by atoms with van der Waals surface area (Å²) in [5.41, 5.74) is 0.681. The van der Waals surface area contributed by atoms with E-state index in [-0.39, 0.29) is 18.5 Å². The minimum atomic E-state index is -1.05. The number of H-pyrrole nitrogens is 1. The molecule has 2 rings (SSSR count). The van der Waals surface area contributed by atoms with Crippen molar-refractivity contribution in [3.05, 3.63) is 18.2 Å². The van der Waals surface area contributed by atoms with Gasteiger partial charge in [-0.1, -0.05) is 0 Å². The Morgan fingerprint density at radius 2 is 2.24 bits per heavy atom. The fourth-order valence-electron chi connectivity index (χ4n) is 2.16. The molecule has 3 N–H and O–H groups in total. The molecule has 1 fully saturated rings. The molecule has 1 heterocycles. The van der Waals surface area contributed by atoms with E-state index >= 15 is 0 Å². The molecule has 0 spiro atoms. The maximum atomic E-state index is 12.3. The summed E-state index contributed by atoms with van der Waals surface area (Å²) in [7, 11) is 0. The number of urea groups is 1. The lowest BCUT2D eigenvalue weighted by Gasteiger charge is -2.28. The molecule has 0 aromatic carbocycles. The number of hydrogen-bond acceptors (Lipinski definition) is 3. The second kappa shape index (κ2) is 6.60. The Morgan fingerprint density at radius 3 is 2.71 bits per heavy atom. The minimum Gasteiger partial charge on any atom is -0.480 e. The lowest BCUT2D eigenvalue weighted by molar-refractivity contribution is -0.139. The first-order valence-corrected chi connectivity index (χ1v) is 7.24. The number of hydrogen-bond donors (Lipinski definition) is 3. The zero-order chi connectivity index (χ0) is 15.4. The van der Waals surface area contributed by atoms with E-state index in [1.165, 1.54) is 6.33 Å². The van der Waals surface area contributed by atoms with Gasteiger partial charge in [-0.05, 0) is 32.6 Å². The first kappa shape index (κ1) is 15.3. The standard InChI is InChI=1S/C14H22N4O3/c1-9(2)18(7-10-3-4-10)14(21)17-12(13(19)20)5-11-6-15-8-16-11/h6,8-10,12H,3-5,7H2,1-2H3,(H,15,16)(H,17,21)(H,19,20). The van der Waals surface area contributed by atoms with Crippen LogP contribution in [0.2, 0.25) is 0 Å². The lowest BCUT2D eigenvalue weighted by Crippen LogP contribution is -2.51. The van der Waals surface area contributed by atoms with Gasteiger partial charge in [0.15, 0.2) is 0 Å². The molecule has 1 aromatic heterocycles. The fraction of sp³-hybridized carbons (Fsp3) is 0.643. The number of aliphatic carboxylic acids is 1. The van der Waals surface area contributed by atoms with Gasteiger partial charge in [0.05, 0.1) is 6.33 Å². The van der Waals surface area contributed by atoms with Crippen LogP contribution in [0.3, 0.4) is 0 Å². The van der Waals surface area contributed by atoms with Crippen molar-refractivity contribution in [1.29, 1.82) is 0 Å². The average molecular weight is 294 g/mol. The second-order valence-corrected chi connectivity index (χ2v) is 5.81. The van der Waals surface area contributed by atoms with Gasteiger partial charge in [0.25, 0.3) is 0 Å². The van der Waals surface area contributed by atoms with Gasteiger partial charge in [0.1, 0.15) is 6.04 Å². The predicted molar refractivity (Wildman–Crippen MR) is 76.8 cm³/mol. The highest BCUT2D eigenvalue weighted by atomic mass is 16.4. The van der Waals surface area contributed by atoms with E-state index in [0.29, 0.717) is 18.2 Å². The first-order chi connectivity index (χ1) is 9.97. The lowest BCUT2D eigenvalue weighted by atomic mass is 10.1. The molecule has 1 aliphatic carbocycles. The summed E-state index contributed by atoms with van der Waals surface area (Å²) in [6, 6.07) is -1.23. The third kappa shape index (κ3) is 4.47. The second-order valence-electron chi connectivity index (χ2n) is 5.81. The number of aromatic nitrogens is 2. The van der Waals surface area contributed by atoms with E-state index < -0.39 is 12.0 Å². The molecule has 1 atom stereocenters. The maximum absolute atomic E-state index is 12.3. The molecular formula is C14H22N4O3. The van der Waals surface area contributed by atoms with Crippen LogP contribution in [0.5, 0.6) is 0 Å². The molecule has 7 nitrogen and oxygen atoms in total. The molecule has 1 aliphatic rings. The van der Waals surface area contributed by atoms with Gasteiger partial charge in [-0.25, -0.2) is 14.6 Å². The van der Waals surface area contributed by atoms with Crippen LogP contribution in [0.4, 0.5) is 4.79 Å². The largest absolute Gasteiger partial charge is 0.480 e. The van der Waals surface area contributed by atoms with Gasteiger partial charge in [0, 0.05) is 30.9 Å². The van der Waals surface area contributed by atoms with Gasteiger partial charge in [-0.3, -0.25) is 0 Å². The van der Waals surface area contributed by atoms with E-state index in [1.807, 2.05) is 13.8 Å². The number of carbonyl (C=O) groups excluding carboxylic acids is 1. The molecule has 1 saturated carbocycles. The molecule has 1 unspecified atom stereocenters. The van der Waals surface area contributed by atoms with E-state index in [4.69, 9.17) is 0 Å². The van der Waals surface area contributed by atoms with E-state index in [1.54, 1.807) is 11.1 Å². The third-order valence-electron chi connectivity index (χ3n) is 3.61. The zero-order valence-electron chi connectivity index (χ0n) is 12.4.